The second-order valence-electron chi connectivity index (χ2n) is 7.89. The van der Waals surface area contributed by atoms with Crippen molar-refractivity contribution in [3.8, 4) is 0 Å². The van der Waals surface area contributed by atoms with E-state index in [1.165, 1.54) is 5.39 Å². The number of H-pyrrole nitrogens is 1. The zero-order valence-electron chi connectivity index (χ0n) is 16.0. The topological polar surface area (TPSA) is 78.8 Å². The monoisotopic (exact) mass is 378 g/mol. The molecule has 28 heavy (non-hydrogen) atoms. The summed E-state index contributed by atoms with van der Waals surface area (Å²) < 4.78 is 1.88. The smallest absolute Gasteiger partial charge is 0.276 e. The highest BCUT2D eigenvalue weighted by atomic mass is 16.2. The van der Waals surface area contributed by atoms with Crippen molar-refractivity contribution >= 4 is 16.8 Å². The summed E-state index contributed by atoms with van der Waals surface area (Å²) in [5.41, 5.74) is 2.69. The Morgan fingerprint density at radius 3 is 2.82 bits per heavy atom. The van der Waals surface area contributed by atoms with Gasteiger partial charge in [-0.25, -0.2) is 4.68 Å². The van der Waals surface area contributed by atoms with Gasteiger partial charge in [-0.15, -0.1) is 5.10 Å². The van der Waals surface area contributed by atoms with Crippen LogP contribution in [0.25, 0.3) is 10.9 Å². The van der Waals surface area contributed by atoms with Crippen LogP contribution >= 0.6 is 0 Å². The first-order chi connectivity index (χ1) is 13.8. The van der Waals surface area contributed by atoms with Crippen molar-refractivity contribution in [2.75, 3.05) is 19.6 Å². The molecule has 1 unspecified atom stereocenters. The van der Waals surface area contributed by atoms with E-state index >= 15 is 0 Å². The maximum absolute atomic E-state index is 13.3. The van der Waals surface area contributed by atoms with E-state index in [0.29, 0.717) is 11.7 Å². The van der Waals surface area contributed by atoms with Crippen molar-refractivity contribution < 1.29 is 4.79 Å². The number of likely N-dealkylation sites (tertiary alicyclic amines) is 1. The van der Waals surface area contributed by atoms with Crippen LogP contribution in [0.4, 0.5) is 0 Å². The van der Waals surface area contributed by atoms with Crippen molar-refractivity contribution in [1.82, 2.24) is 30.2 Å². The maximum Gasteiger partial charge on any atom is 0.276 e. The quantitative estimate of drug-likeness (QED) is 0.734. The number of hydrogen-bond donors (Lipinski definition) is 2. The Labute approximate surface area is 164 Å². The minimum absolute atomic E-state index is 0.0106. The zero-order chi connectivity index (χ0) is 18.9. The van der Waals surface area contributed by atoms with Gasteiger partial charge in [0.2, 0.25) is 0 Å². The molecule has 0 spiro atoms. The van der Waals surface area contributed by atoms with E-state index in [-0.39, 0.29) is 11.9 Å². The van der Waals surface area contributed by atoms with Crippen molar-refractivity contribution in [3.63, 3.8) is 0 Å². The number of nitrogens with one attached hydrogen (secondary N) is 2. The minimum Gasteiger partial charge on any atom is -0.357 e. The number of fused-ring (bicyclic) bond motifs is 1. The first kappa shape index (κ1) is 17.4. The molecule has 1 aromatic carbocycles. The molecular weight excluding hydrogens is 352 g/mol. The Bertz CT molecular complexity index is 937. The van der Waals surface area contributed by atoms with Crippen LogP contribution in [-0.4, -0.2) is 50.4 Å². The van der Waals surface area contributed by atoms with Gasteiger partial charge < -0.3 is 15.2 Å². The third-order valence-electron chi connectivity index (χ3n) is 6.09. The fourth-order valence-electron chi connectivity index (χ4n) is 4.54. The molecule has 2 aliphatic rings. The lowest BCUT2D eigenvalue weighted by Crippen LogP contribution is -2.38. The van der Waals surface area contributed by atoms with Gasteiger partial charge in [-0.05, 0) is 62.7 Å². The largest absolute Gasteiger partial charge is 0.357 e. The van der Waals surface area contributed by atoms with Crippen LogP contribution in [0.3, 0.4) is 0 Å². The van der Waals surface area contributed by atoms with Gasteiger partial charge in [0.1, 0.15) is 0 Å². The Morgan fingerprint density at radius 1 is 1.11 bits per heavy atom. The molecule has 2 saturated heterocycles. The first-order valence-corrected chi connectivity index (χ1v) is 10.3. The van der Waals surface area contributed by atoms with E-state index < -0.39 is 0 Å². The number of carbonyl (C=O) groups excluding carboxylic acids is 1. The molecule has 0 bridgehead atoms. The summed E-state index contributed by atoms with van der Waals surface area (Å²) in [5.74, 6) is -0.0106. The maximum atomic E-state index is 13.3. The number of hydrogen-bond acceptors (Lipinski definition) is 4. The normalized spacial score (nSPS) is 21.3. The summed E-state index contributed by atoms with van der Waals surface area (Å²) >= 11 is 0. The second kappa shape index (κ2) is 7.39. The van der Waals surface area contributed by atoms with E-state index in [1.54, 1.807) is 0 Å². The molecule has 0 radical (unpaired) electrons. The molecule has 4 heterocycles. The van der Waals surface area contributed by atoms with Gasteiger partial charge in [0.05, 0.1) is 18.3 Å². The second-order valence-corrected chi connectivity index (χ2v) is 7.89. The molecule has 2 N–H and O–H groups in total. The summed E-state index contributed by atoms with van der Waals surface area (Å²) in [7, 11) is 0. The van der Waals surface area contributed by atoms with E-state index in [4.69, 9.17) is 0 Å². The third-order valence-corrected chi connectivity index (χ3v) is 6.09. The third kappa shape index (κ3) is 3.20. The van der Waals surface area contributed by atoms with Gasteiger partial charge in [-0.2, -0.15) is 0 Å². The van der Waals surface area contributed by atoms with E-state index in [9.17, 15) is 4.79 Å². The van der Waals surface area contributed by atoms with Gasteiger partial charge in [0.25, 0.3) is 5.91 Å². The van der Waals surface area contributed by atoms with Gasteiger partial charge in [0.15, 0.2) is 5.69 Å². The van der Waals surface area contributed by atoms with Crippen LogP contribution in [0.2, 0.25) is 0 Å². The summed E-state index contributed by atoms with van der Waals surface area (Å²) in [6.07, 6.45) is 7.03. The molecule has 5 rings (SSSR count). The van der Waals surface area contributed by atoms with Crippen LogP contribution in [-0.2, 0) is 0 Å². The van der Waals surface area contributed by atoms with Crippen LogP contribution in [0.15, 0.2) is 36.5 Å². The van der Waals surface area contributed by atoms with E-state index in [2.05, 4.69) is 38.8 Å². The Balaban J connectivity index is 1.40. The van der Waals surface area contributed by atoms with Gasteiger partial charge in [0, 0.05) is 17.8 Å². The lowest BCUT2D eigenvalue weighted by Gasteiger charge is -2.34. The van der Waals surface area contributed by atoms with E-state index in [0.717, 1.165) is 62.9 Å². The SMILES string of the molecule is O=C(c1cn(C2CCNCC2)nn1)N1CCCCC1c1cc2ccccc2[nH]1. The summed E-state index contributed by atoms with van der Waals surface area (Å²) in [6.45, 7) is 2.74. The number of amides is 1. The average Bonchev–Trinajstić information content (AvgIpc) is 3.41. The van der Waals surface area contributed by atoms with Gasteiger partial charge in [-0.3, -0.25) is 4.79 Å². The Kier molecular flexibility index (Phi) is 4.60. The fraction of sp³-hybridized carbons (Fsp3) is 0.476. The van der Waals surface area contributed by atoms with Crippen molar-refractivity contribution in [1.29, 1.82) is 0 Å². The number of carbonyl (C=O) groups is 1. The zero-order valence-corrected chi connectivity index (χ0v) is 16.0. The molecule has 1 amide bonds. The van der Waals surface area contributed by atoms with Crippen LogP contribution in [0.1, 0.15) is 60.4 Å². The summed E-state index contributed by atoms with van der Waals surface area (Å²) in [6, 6.07) is 10.8. The summed E-state index contributed by atoms with van der Waals surface area (Å²) in [5, 5.41) is 13.0. The number of benzene rings is 1. The summed E-state index contributed by atoms with van der Waals surface area (Å²) in [4.78, 5) is 18.8. The van der Waals surface area contributed by atoms with Crippen molar-refractivity contribution in [2.45, 2.75) is 44.2 Å². The molecule has 2 aromatic heterocycles. The first-order valence-electron chi connectivity index (χ1n) is 10.3. The van der Waals surface area contributed by atoms with Gasteiger partial charge in [-0.1, -0.05) is 23.4 Å². The van der Waals surface area contributed by atoms with E-state index in [1.807, 2.05) is 27.9 Å². The van der Waals surface area contributed by atoms with Gasteiger partial charge >= 0.3 is 0 Å². The number of nitrogens with zero attached hydrogens (tertiary/aromatic N) is 4. The fourth-order valence-corrected chi connectivity index (χ4v) is 4.54. The van der Waals surface area contributed by atoms with Crippen LogP contribution in [0.5, 0.6) is 0 Å². The molecule has 0 saturated carbocycles. The number of aromatic nitrogens is 4. The lowest BCUT2D eigenvalue weighted by atomic mass is 9.99. The molecule has 7 nitrogen and oxygen atoms in total. The molecule has 0 aliphatic carbocycles. The highest BCUT2D eigenvalue weighted by Crippen LogP contribution is 2.33. The van der Waals surface area contributed by atoms with Crippen LogP contribution in [0, 0.1) is 0 Å². The van der Waals surface area contributed by atoms with Crippen molar-refractivity contribution in [2.24, 2.45) is 0 Å². The van der Waals surface area contributed by atoms with Crippen LogP contribution < -0.4 is 5.32 Å². The lowest BCUT2D eigenvalue weighted by molar-refractivity contribution is 0.0600. The number of piperidine rings is 2. The number of aromatic amines is 1. The molecule has 3 aromatic rings. The molecule has 7 heteroatoms. The molecule has 1 atom stereocenters. The highest BCUT2D eigenvalue weighted by Gasteiger charge is 2.31. The predicted octanol–water partition coefficient (Wildman–Crippen LogP) is 3.05. The highest BCUT2D eigenvalue weighted by molar-refractivity contribution is 5.92. The van der Waals surface area contributed by atoms with Crippen molar-refractivity contribution in [3.05, 3.63) is 47.9 Å². The predicted molar refractivity (Wildman–Crippen MR) is 107 cm³/mol. The molecule has 146 valence electrons. The number of rotatable bonds is 3. The standard InChI is InChI=1S/C21H26N6O/c28-21(19-14-27(25-24-19)16-8-10-22-11-9-16)26-12-4-3-7-20(26)18-13-15-5-1-2-6-17(15)23-18/h1-2,5-6,13-14,16,20,22-23H,3-4,7-12H2. The number of para-hydroxylation sites is 1. The average molecular weight is 378 g/mol. The molecule has 2 fully saturated rings. The Hall–Kier alpha value is -2.67. The Morgan fingerprint density at radius 2 is 1.96 bits per heavy atom. The molecular formula is C21H26N6O. The molecule has 2 aliphatic heterocycles. The minimum atomic E-state index is -0.0106.